The van der Waals surface area contributed by atoms with Crippen molar-refractivity contribution >= 4 is 12.0 Å². The molecule has 1 aliphatic carbocycles. The van der Waals surface area contributed by atoms with E-state index in [2.05, 4.69) is 36.5 Å². The molecule has 1 aromatic rings. The lowest BCUT2D eigenvalue weighted by Gasteiger charge is -2.31. The Kier molecular flexibility index (Phi) is 4.55. The molecule has 0 aromatic heterocycles. The molecule has 1 aromatic carbocycles. The summed E-state index contributed by atoms with van der Waals surface area (Å²) in [5.74, 6) is 0.633. The van der Waals surface area contributed by atoms with Gasteiger partial charge in [0.2, 0.25) is 5.91 Å². The van der Waals surface area contributed by atoms with Crippen molar-refractivity contribution in [3.05, 3.63) is 35.4 Å². The van der Waals surface area contributed by atoms with Crippen LogP contribution in [0.2, 0.25) is 0 Å². The second-order valence-corrected chi connectivity index (χ2v) is 6.60. The Morgan fingerprint density at radius 2 is 2.00 bits per heavy atom. The van der Waals surface area contributed by atoms with E-state index in [0.29, 0.717) is 19.0 Å². The van der Waals surface area contributed by atoms with Gasteiger partial charge in [-0.25, -0.2) is 4.79 Å². The van der Waals surface area contributed by atoms with Crippen LogP contribution in [0.15, 0.2) is 24.3 Å². The van der Waals surface area contributed by atoms with Crippen molar-refractivity contribution in [2.24, 2.45) is 5.92 Å². The van der Waals surface area contributed by atoms with E-state index in [-0.39, 0.29) is 24.0 Å². The molecule has 0 unspecified atom stereocenters. The van der Waals surface area contributed by atoms with Crippen LogP contribution in [0.4, 0.5) is 4.79 Å². The molecule has 1 heterocycles. The highest BCUT2D eigenvalue weighted by atomic mass is 16.5. The number of piperidine rings is 1. The minimum atomic E-state index is -0.281. The highest BCUT2D eigenvalue weighted by molar-refractivity contribution is 5.83. The molecule has 5 heteroatoms. The molecule has 1 saturated heterocycles. The van der Waals surface area contributed by atoms with Crippen LogP contribution in [0.1, 0.15) is 36.3 Å². The number of likely N-dealkylation sites (tertiary alicyclic amines) is 1. The third kappa shape index (κ3) is 3.66. The maximum atomic E-state index is 12.4. The van der Waals surface area contributed by atoms with Gasteiger partial charge in [-0.15, -0.1) is 0 Å². The number of hydrogen-bond donors (Lipinski definition) is 1. The van der Waals surface area contributed by atoms with Crippen molar-refractivity contribution in [3.63, 3.8) is 0 Å². The van der Waals surface area contributed by atoms with Crippen LogP contribution in [-0.4, -0.2) is 43.1 Å². The van der Waals surface area contributed by atoms with Gasteiger partial charge in [-0.1, -0.05) is 29.8 Å². The summed E-state index contributed by atoms with van der Waals surface area (Å²) in [6.07, 6.45) is 2.25. The van der Waals surface area contributed by atoms with Gasteiger partial charge in [0, 0.05) is 25.0 Å². The predicted molar refractivity (Wildman–Crippen MR) is 87.2 cm³/mol. The van der Waals surface area contributed by atoms with Gasteiger partial charge in [-0.05, 0) is 37.7 Å². The van der Waals surface area contributed by atoms with Gasteiger partial charge in [-0.3, -0.25) is 4.79 Å². The monoisotopic (exact) mass is 316 g/mol. The van der Waals surface area contributed by atoms with E-state index in [1.807, 2.05) is 0 Å². The maximum absolute atomic E-state index is 12.4. The fraction of sp³-hybridized carbons (Fsp3) is 0.556. The Morgan fingerprint density at radius 3 is 2.65 bits per heavy atom. The molecule has 2 fully saturated rings. The lowest BCUT2D eigenvalue weighted by Crippen LogP contribution is -2.47. The first-order chi connectivity index (χ1) is 11.1. The zero-order chi connectivity index (χ0) is 16.4. The van der Waals surface area contributed by atoms with Gasteiger partial charge >= 0.3 is 6.09 Å². The minimum absolute atomic E-state index is 0.107. The first-order valence-electron chi connectivity index (χ1n) is 8.28. The molecule has 2 aliphatic rings. The fourth-order valence-electron chi connectivity index (χ4n) is 3.40. The van der Waals surface area contributed by atoms with Crippen LogP contribution in [0.25, 0.3) is 0 Å². The number of rotatable bonds is 3. The topological polar surface area (TPSA) is 58.6 Å². The number of methoxy groups -OCH3 is 1. The zero-order valence-corrected chi connectivity index (χ0v) is 13.7. The number of nitrogens with zero attached hydrogens (tertiary/aromatic N) is 1. The quantitative estimate of drug-likeness (QED) is 0.932. The molecule has 124 valence electrons. The average Bonchev–Trinajstić information content (AvgIpc) is 3.35. The van der Waals surface area contributed by atoms with E-state index >= 15 is 0 Å². The number of nitrogens with one attached hydrogen (secondary N) is 1. The average molecular weight is 316 g/mol. The lowest BCUT2D eigenvalue weighted by molar-refractivity contribution is -0.123. The maximum Gasteiger partial charge on any atom is 0.409 e. The van der Waals surface area contributed by atoms with Gasteiger partial charge in [0.1, 0.15) is 0 Å². The number of benzene rings is 1. The third-order valence-corrected chi connectivity index (χ3v) is 4.87. The van der Waals surface area contributed by atoms with Gasteiger partial charge < -0.3 is 15.0 Å². The number of aryl methyl sites for hydroxylation is 1. The third-order valence-electron chi connectivity index (χ3n) is 4.87. The molecule has 1 aliphatic heterocycles. The van der Waals surface area contributed by atoms with Crippen LogP contribution in [-0.2, 0) is 9.53 Å². The molecule has 2 amide bonds. The molecular weight excluding hydrogens is 292 g/mol. The number of carbonyl (C=O) groups excluding carboxylic acids is 2. The van der Waals surface area contributed by atoms with Crippen molar-refractivity contribution in [2.45, 2.75) is 38.1 Å². The summed E-state index contributed by atoms with van der Waals surface area (Å²) in [7, 11) is 1.40. The number of ether oxygens (including phenoxy) is 1. The van der Waals surface area contributed by atoms with Crippen LogP contribution >= 0.6 is 0 Å². The summed E-state index contributed by atoms with van der Waals surface area (Å²) in [4.78, 5) is 25.5. The van der Waals surface area contributed by atoms with E-state index in [1.54, 1.807) is 4.90 Å². The Bertz CT molecular complexity index is 594. The lowest BCUT2D eigenvalue weighted by atomic mass is 10.0. The summed E-state index contributed by atoms with van der Waals surface area (Å²) >= 11 is 0. The minimum Gasteiger partial charge on any atom is -0.453 e. The summed E-state index contributed by atoms with van der Waals surface area (Å²) in [5, 5.41) is 3.15. The molecule has 1 N–H and O–H groups in total. The Hall–Kier alpha value is -2.04. The van der Waals surface area contributed by atoms with Crippen molar-refractivity contribution in [2.75, 3.05) is 20.2 Å². The van der Waals surface area contributed by atoms with Gasteiger partial charge in [-0.2, -0.15) is 0 Å². The smallest absolute Gasteiger partial charge is 0.409 e. The molecule has 0 radical (unpaired) electrons. The highest BCUT2D eigenvalue weighted by Crippen LogP contribution is 2.47. The van der Waals surface area contributed by atoms with E-state index in [0.717, 1.165) is 19.3 Å². The van der Waals surface area contributed by atoms with E-state index in [1.165, 1.54) is 18.2 Å². The van der Waals surface area contributed by atoms with Crippen LogP contribution < -0.4 is 5.32 Å². The normalized spacial score (nSPS) is 24.2. The molecule has 0 spiro atoms. The largest absolute Gasteiger partial charge is 0.453 e. The number of hydrogen-bond acceptors (Lipinski definition) is 3. The Labute approximate surface area is 137 Å². The summed E-state index contributed by atoms with van der Waals surface area (Å²) in [6, 6.07) is 8.59. The SMILES string of the molecule is COC(=O)N1CCC(NC(=O)[C@H]2C[C@@H]2c2cccc(C)c2)CC1. The first kappa shape index (κ1) is 15.8. The predicted octanol–water partition coefficient (Wildman–Crippen LogP) is 2.45. The second-order valence-electron chi connectivity index (χ2n) is 6.60. The van der Waals surface area contributed by atoms with Crippen LogP contribution in [0.3, 0.4) is 0 Å². The first-order valence-corrected chi connectivity index (χ1v) is 8.28. The van der Waals surface area contributed by atoms with Gasteiger partial charge in [0.05, 0.1) is 7.11 Å². The summed E-state index contributed by atoms with van der Waals surface area (Å²) in [6.45, 7) is 3.36. The van der Waals surface area contributed by atoms with Crippen molar-refractivity contribution in [1.29, 1.82) is 0 Å². The second kappa shape index (κ2) is 6.60. The van der Waals surface area contributed by atoms with Crippen molar-refractivity contribution in [1.82, 2.24) is 10.2 Å². The van der Waals surface area contributed by atoms with E-state index in [9.17, 15) is 9.59 Å². The molecule has 23 heavy (non-hydrogen) atoms. The van der Waals surface area contributed by atoms with E-state index in [4.69, 9.17) is 4.74 Å². The Balaban J connectivity index is 1.47. The summed E-state index contributed by atoms with van der Waals surface area (Å²) < 4.78 is 4.73. The zero-order valence-electron chi connectivity index (χ0n) is 13.7. The van der Waals surface area contributed by atoms with Crippen LogP contribution in [0, 0.1) is 12.8 Å². The summed E-state index contributed by atoms with van der Waals surface area (Å²) in [5.41, 5.74) is 2.51. The standard InChI is InChI=1S/C18H24N2O3/c1-12-4-3-5-13(10-12)15-11-16(15)17(21)19-14-6-8-20(9-7-14)18(22)23-2/h3-5,10,14-16H,6-9,11H2,1-2H3,(H,19,21)/t15-,16+/m1/s1. The Morgan fingerprint density at radius 1 is 1.26 bits per heavy atom. The molecule has 5 nitrogen and oxygen atoms in total. The van der Waals surface area contributed by atoms with Crippen LogP contribution in [0.5, 0.6) is 0 Å². The van der Waals surface area contributed by atoms with Crippen molar-refractivity contribution < 1.29 is 14.3 Å². The number of carbonyl (C=O) groups is 2. The van der Waals surface area contributed by atoms with Gasteiger partial charge in [0.15, 0.2) is 0 Å². The van der Waals surface area contributed by atoms with E-state index < -0.39 is 0 Å². The molecule has 2 atom stereocenters. The molecule has 0 bridgehead atoms. The molecule has 1 saturated carbocycles. The van der Waals surface area contributed by atoms with Crippen molar-refractivity contribution in [3.8, 4) is 0 Å². The number of amides is 2. The van der Waals surface area contributed by atoms with Gasteiger partial charge in [0.25, 0.3) is 0 Å². The highest BCUT2D eigenvalue weighted by Gasteiger charge is 2.44. The molecular formula is C18H24N2O3. The fourth-order valence-corrected chi connectivity index (χ4v) is 3.40. The molecule has 3 rings (SSSR count).